The van der Waals surface area contributed by atoms with Gasteiger partial charge in [-0.1, -0.05) is 48.5 Å². The number of alkyl carbamates (subject to hydrolysis) is 1. The molecule has 36 heavy (non-hydrogen) atoms. The van der Waals surface area contributed by atoms with Gasteiger partial charge in [0, 0.05) is 29.1 Å². The van der Waals surface area contributed by atoms with Crippen molar-refractivity contribution in [3.05, 3.63) is 71.9 Å². The molecule has 0 fully saturated rings. The number of aromatic nitrogens is 1. The molecule has 0 saturated carbocycles. The van der Waals surface area contributed by atoms with E-state index < -0.39 is 42.2 Å². The Morgan fingerprint density at radius 2 is 1.64 bits per heavy atom. The van der Waals surface area contributed by atoms with Crippen molar-refractivity contribution in [2.24, 2.45) is 0 Å². The summed E-state index contributed by atoms with van der Waals surface area (Å²) in [4.78, 5) is 52.4. The molecule has 3 aromatic rings. The minimum absolute atomic E-state index is 0.0207. The molecule has 0 unspecified atom stereocenters. The molecule has 1 atom stereocenters. The lowest BCUT2D eigenvalue weighted by atomic mass is 10.1. The summed E-state index contributed by atoms with van der Waals surface area (Å²) in [6.07, 6.45) is 1.02. The third-order valence-corrected chi connectivity index (χ3v) is 4.98. The van der Waals surface area contributed by atoms with Crippen LogP contribution in [-0.4, -0.2) is 47.2 Å². The molecule has 3 rings (SSSR count). The summed E-state index contributed by atoms with van der Waals surface area (Å²) in [6.45, 7) is 4.60. The van der Waals surface area contributed by atoms with Crippen LogP contribution in [0.1, 0.15) is 31.9 Å². The summed E-state index contributed by atoms with van der Waals surface area (Å²) in [7, 11) is 0. The van der Waals surface area contributed by atoms with Gasteiger partial charge in [-0.3, -0.25) is 10.1 Å². The lowest BCUT2D eigenvalue weighted by Gasteiger charge is -2.20. The number of para-hydroxylation sites is 1. The smallest absolute Gasteiger partial charge is 0.408 e. The largest absolute Gasteiger partial charge is 0.454 e. The van der Waals surface area contributed by atoms with E-state index in [2.05, 4.69) is 20.9 Å². The fraction of sp³-hybridized carbons (Fsp3) is 0.308. The Labute approximate surface area is 208 Å². The summed E-state index contributed by atoms with van der Waals surface area (Å²) in [6, 6.07) is 14.8. The SMILES string of the molecule is CC(C)(C)NC(=O)NC(=O)COC(=O)[C@H](Cc1c[nH]c2ccccc12)NC(=O)OCc1ccccc1. The molecule has 0 bridgehead atoms. The highest BCUT2D eigenvalue weighted by atomic mass is 16.6. The normalized spacial score (nSPS) is 11.9. The molecule has 1 aromatic heterocycles. The average molecular weight is 495 g/mol. The Hall–Kier alpha value is -4.34. The van der Waals surface area contributed by atoms with Gasteiger partial charge in [-0.05, 0) is 38.0 Å². The fourth-order valence-electron chi connectivity index (χ4n) is 3.39. The first kappa shape index (κ1) is 26.3. The minimum Gasteiger partial charge on any atom is -0.454 e. The van der Waals surface area contributed by atoms with Crippen molar-refractivity contribution in [1.29, 1.82) is 0 Å². The van der Waals surface area contributed by atoms with Crippen molar-refractivity contribution < 1.29 is 28.7 Å². The van der Waals surface area contributed by atoms with E-state index >= 15 is 0 Å². The van der Waals surface area contributed by atoms with Crippen molar-refractivity contribution in [3.8, 4) is 0 Å². The van der Waals surface area contributed by atoms with Gasteiger partial charge in [-0.25, -0.2) is 14.4 Å². The number of hydrogen-bond donors (Lipinski definition) is 4. The van der Waals surface area contributed by atoms with Gasteiger partial charge in [0.1, 0.15) is 12.6 Å². The van der Waals surface area contributed by atoms with Crippen molar-refractivity contribution in [1.82, 2.24) is 20.9 Å². The Morgan fingerprint density at radius 1 is 0.944 bits per heavy atom. The maximum Gasteiger partial charge on any atom is 0.408 e. The van der Waals surface area contributed by atoms with Gasteiger partial charge in [0.15, 0.2) is 6.61 Å². The highest BCUT2D eigenvalue weighted by Gasteiger charge is 2.26. The van der Waals surface area contributed by atoms with Crippen molar-refractivity contribution in [3.63, 3.8) is 0 Å². The number of ether oxygens (including phenoxy) is 2. The molecule has 4 amide bonds. The molecule has 2 aromatic carbocycles. The van der Waals surface area contributed by atoms with E-state index in [-0.39, 0.29) is 13.0 Å². The van der Waals surface area contributed by atoms with Crippen molar-refractivity contribution in [2.75, 3.05) is 6.61 Å². The Morgan fingerprint density at radius 3 is 2.36 bits per heavy atom. The Balaban J connectivity index is 1.63. The maximum absolute atomic E-state index is 12.9. The maximum atomic E-state index is 12.9. The number of rotatable bonds is 8. The molecule has 0 saturated heterocycles. The number of H-pyrrole nitrogens is 1. The second-order valence-corrected chi connectivity index (χ2v) is 9.18. The highest BCUT2D eigenvalue weighted by molar-refractivity contribution is 5.96. The number of benzene rings is 2. The van der Waals surface area contributed by atoms with E-state index in [1.54, 1.807) is 39.1 Å². The molecule has 1 heterocycles. The van der Waals surface area contributed by atoms with Gasteiger partial charge in [-0.15, -0.1) is 0 Å². The number of urea groups is 1. The van der Waals surface area contributed by atoms with E-state index in [0.717, 1.165) is 22.0 Å². The molecule has 4 N–H and O–H groups in total. The zero-order chi connectivity index (χ0) is 26.1. The first-order valence-corrected chi connectivity index (χ1v) is 11.4. The monoisotopic (exact) mass is 494 g/mol. The van der Waals surface area contributed by atoms with Crippen LogP contribution in [0, 0.1) is 0 Å². The number of imide groups is 1. The average Bonchev–Trinajstić information content (AvgIpc) is 3.23. The summed E-state index contributed by atoms with van der Waals surface area (Å²) in [5.41, 5.74) is 1.88. The lowest BCUT2D eigenvalue weighted by molar-refractivity contribution is -0.150. The summed E-state index contributed by atoms with van der Waals surface area (Å²) in [5, 5.41) is 8.07. The molecule has 0 aliphatic heterocycles. The summed E-state index contributed by atoms with van der Waals surface area (Å²) < 4.78 is 10.4. The molecule has 10 nitrogen and oxygen atoms in total. The molecule has 10 heteroatoms. The third kappa shape index (κ3) is 8.15. The predicted molar refractivity (Wildman–Crippen MR) is 133 cm³/mol. The molecular formula is C26H30N4O6. The number of aromatic amines is 1. The van der Waals surface area contributed by atoms with Crippen molar-refractivity contribution >= 4 is 34.9 Å². The van der Waals surface area contributed by atoms with Gasteiger partial charge in [0.2, 0.25) is 0 Å². The van der Waals surface area contributed by atoms with E-state index in [1.165, 1.54) is 0 Å². The quantitative estimate of drug-likeness (QED) is 0.355. The first-order valence-electron chi connectivity index (χ1n) is 11.4. The number of amides is 4. The van der Waals surface area contributed by atoms with Crippen LogP contribution in [0.4, 0.5) is 9.59 Å². The Kier molecular flexibility index (Phi) is 8.66. The van der Waals surface area contributed by atoms with E-state index in [4.69, 9.17) is 9.47 Å². The van der Waals surface area contributed by atoms with Gasteiger partial charge in [-0.2, -0.15) is 0 Å². The molecular weight excluding hydrogens is 464 g/mol. The first-order chi connectivity index (χ1) is 17.1. The van der Waals surface area contributed by atoms with Crippen LogP contribution in [-0.2, 0) is 32.1 Å². The number of fused-ring (bicyclic) bond motifs is 1. The van der Waals surface area contributed by atoms with Crippen molar-refractivity contribution in [2.45, 2.75) is 45.4 Å². The number of esters is 1. The molecule has 0 spiro atoms. The number of nitrogens with one attached hydrogen (secondary N) is 4. The summed E-state index contributed by atoms with van der Waals surface area (Å²) in [5.74, 6) is -1.65. The number of carbonyl (C=O) groups excluding carboxylic acids is 4. The van der Waals surface area contributed by atoms with Gasteiger partial charge < -0.3 is 25.1 Å². The van der Waals surface area contributed by atoms with E-state index in [1.807, 2.05) is 42.5 Å². The number of hydrogen-bond acceptors (Lipinski definition) is 6. The zero-order valence-electron chi connectivity index (χ0n) is 20.4. The van der Waals surface area contributed by atoms with Crippen LogP contribution in [0.5, 0.6) is 0 Å². The van der Waals surface area contributed by atoms with Gasteiger partial charge in [0.25, 0.3) is 5.91 Å². The van der Waals surface area contributed by atoms with Crippen LogP contribution in [0.3, 0.4) is 0 Å². The molecule has 0 aliphatic rings. The van der Waals surface area contributed by atoms with Gasteiger partial charge >= 0.3 is 18.1 Å². The predicted octanol–water partition coefficient (Wildman–Crippen LogP) is 3.17. The van der Waals surface area contributed by atoms with Crippen LogP contribution in [0.25, 0.3) is 10.9 Å². The van der Waals surface area contributed by atoms with E-state index in [9.17, 15) is 19.2 Å². The molecule has 190 valence electrons. The molecule has 0 radical (unpaired) electrons. The second-order valence-electron chi connectivity index (χ2n) is 9.18. The summed E-state index contributed by atoms with van der Waals surface area (Å²) >= 11 is 0. The van der Waals surface area contributed by atoms with Crippen LogP contribution < -0.4 is 16.0 Å². The second kappa shape index (κ2) is 11.9. The van der Waals surface area contributed by atoms with Crippen LogP contribution in [0.2, 0.25) is 0 Å². The minimum atomic E-state index is -1.14. The zero-order valence-corrected chi connectivity index (χ0v) is 20.4. The lowest BCUT2D eigenvalue weighted by Crippen LogP contribution is -2.49. The molecule has 0 aliphatic carbocycles. The van der Waals surface area contributed by atoms with Crippen LogP contribution in [0.15, 0.2) is 60.8 Å². The standard InChI is InChI=1S/C26H30N4O6/c1-26(2,3)30-24(33)29-22(31)16-35-23(32)21(13-18-14-27-20-12-8-7-11-19(18)20)28-25(34)36-15-17-9-5-4-6-10-17/h4-12,14,21,27H,13,15-16H2,1-3H3,(H,28,34)(H2,29,30,31,33)/t21-/m0/s1. The fourth-order valence-corrected chi connectivity index (χ4v) is 3.39. The number of carbonyl (C=O) groups is 4. The van der Waals surface area contributed by atoms with Crippen LogP contribution >= 0.6 is 0 Å². The topological polar surface area (TPSA) is 139 Å². The highest BCUT2D eigenvalue weighted by Crippen LogP contribution is 2.19. The Bertz CT molecular complexity index is 1220. The van der Waals surface area contributed by atoms with Gasteiger partial charge in [0.05, 0.1) is 0 Å². The third-order valence-electron chi connectivity index (χ3n) is 4.98. The van der Waals surface area contributed by atoms with E-state index in [0.29, 0.717) is 0 Å².